The number of quaternary nitrogens is 1. The van der Waals surface area contributed by atoms with Gasteiger partial charge in [-0.15, -0.1) is 0 Å². The minimum Gasteiger partial charge on any atom is -0.346 e. The SMILES string of the molecule is Cc1ccc([C@@H](CNC(=O)c2ccc(-c3ccccc3)cc2)[NH+](C)C)cc1. The summed E-state index contributed by atoms with van der Waals surface area (Å²) < 4.78 is 0. The normalized spacial score (nSPS) is 12.0. The summed E-state index contributed by atoms with van der Waals surface area (Å²) in [6.07, 6.45) is 0. The fourth-order valence-electron chi connectivity index (χ4n) is 3.20. The van der Waals surface area contributed by atoms with Crippen LogP contribution < -0.4 is 10.2 Å². The smallest absolute Gasteiger partial charge is 0.251 e. The van der Waals surface area contributed by atoms with Crippen molar-refractivity contribution in [3.8, 4) is 11.1 Å². The minimum atomic E-state index is -0.0343. The number of aryl methyl sites for hydroxylation is 1. The van der Waals surface area contributed by atoms with Crippen molar-refractivity contribution in [2.45, 2.75) is 13.0 Å². The Morgan fingerprint density at radius 3 is 2.04 bits per heavy atom. The third-order valence-electron chi connectivity index (χ3n) is 4.90. The highest BCUT2D eigenvalue weighted by molar-refractivity contribution is 5.94. The van der Waals surface area contributed by atoms with E-state index in [0.29, 0.717) is 12.1 Å². The number of hydrogen-bond donors (Lipinski definition) is 2. The molecule has 0 aliphatic heterocycles. The van der Waals surface area contributed by atoms with Gasteiger partial charge < -0.3 is 10.2 Å². The molecule has 0 aliphatic rings. The molecule has 0 bridgehead atoms. The van der Waals surface area contributed by atoms with Crippen molar-refractivity contribution in [2.75, 3.05) is 20.6 Å². The molecule has 0 heterocycles. The molecule has 0 radical (unpaired) electrons. The number of amides is 1. The molecule has 1 atom stereocenters. The van der Waals surface area contributed by atoms with Gasteiger partial charge in [-0.2, -0.15) is 0 Å². The highest BCUT2D eigenvalue weighted by atomic mass is 16.1. The van der Waals surface area contributed by atoms with Gasteiger partial charge in [0.15, 0.2) is 0 Å². The van der Waals surface area contributed by atoms with Crippen LogP contribution in [0.1, 0.15) is 27.5 Å². The zero-order valence-corrected chi connectivity index (χ0v) is 16.2. The van der Waals surface area contributed by atoms with Gasteiger partial charge in [-0.3, -0.25) is 4.79 Å². The van der Waals surface area contributed by atoms with Crippen molar-refractivity contribution in [3.63, 3.8) is 0 Å². The van der Waals surface area contributed by atoms with Gasteiger partial charge in [0.1, 0.15) is 6.04 Å². The molecule has 2 N–H and O–H groups in total. The molecule has 3 aromatic rings. The first-order valence-electron chi connectivity index (χ1n) is 9.35. The van der Waals surface area contributed by atoms with Crippen LogP contribution in [0.15, 0.2) is 78.9 Å². The fraction of sp³-hybridized carbons (Fsp3) is 0.208. The highest BCUT2D eigenvalue weighted by Gasteiger charge is 2.19. The van der Waals surface area contributed by atoms with Crippen molar-refractivity contribution in [2.24, 2.45) is 0 Å². The van der Waals surface area contributed by atoms with E-state index in [2.05, 4.69) is 62.7 Å². The number of hydrogen-bond acceptors (Lipinski definition) is 1. The Balaban J connectivity index is 1.66. The van der Waals surface area contributed by atoms with Crippen molar-refractivity contribution < 1.29 is 9.69 Å². The van der Waals surface area contributed by atoms with Gasteiger partial charge in [0.2, 0.25) is 0 Å². The summed E-state index contributed by atoms with van der Waals surface area (Å²) in [5.74, 6) is -0.0343. The lowest BCUT2D eigenvalue weighted by molar-refractivity contribution is -0.890. The number of carbonyl (C=O) groups excluding carboxylic acids is 1. The molecule has 3 rings (SSSR count). The van der Waals surface area contributed by atoms with Gasteiger partial charge in [0.05, 0.1) is 20.6 Å². The van der Waals surface area contributed by atoms with Crippen LogP contribution in [-0.4, -0.2) is 26.5 Å². The summed E-state index contributed by atoms with van der Waals surface area (Å²) in [6, 6.07) is 26.7. The van der Waals surface area contributed by atoms with E-state index in [-0.39, 0.29) is 11.9 Å². The maximum Gasteiger partial charge on any atom is 0.251 e. The lowest BCUT2D eigenvalue weighted by Crippen LogP contribution is -3.07. The van der Waals surface area contributed by atoms with Crippen LogP contribution in [-0.2, 0) is 0 Å². The molecule has 3 aromatic carbocycles. The Labute approximate surface area is 161 Å². The summed E-state index contributed by atoms with van der Waals surface area (Å²) in [6.45, 7) is 2.69. The Bertz CT molecular complexity index is 869. The van der Waals surface area contributed by atoms with E-state index in [1.807, 2.05) is 42.5 Å². The molecule has 3 heteroatoms. The Kier molecular flexibility index (Phi) is 6.05. The maximum absolute atomic E-state index is 12.6. The summed E-state index contributed by atoms with van der Waals surface area (Å²) in [5.41, 5.74) is 5.43. The average Bonchev–Trinajstić information content (AvgIpc) is 2.70. The summed E-state index contributed by atoms with van der Waals surface area (Å²) in [7, 11) is 4.23. The molecule has 0 aliphatic carbocycles. The van der Waals surface area contributed by atoms with E-state index in [1.54, 1.807) is 0 Å². The van der Waals surface area contributed by atoms with Crippen LogP contribution >= 0.6 is 0 Å². The zero-order valence-electron chi connectivity index (χ0n) is 16.2. The van der Waals surface area contributed by atoms with Crippen LogP contribution in [0, 0.1) is 6.92 Å². The first kappa shape index (κ1) is 18.9. The van der Waals surface area contributed by atoms with E-state index in [0.717, 1.165) is 11.1 Å². The number of rotatable bonds is 6. The Morgan fingerprint density at radius 2 is 1.44 bits per heavy atom. The summed E-state index contributed by atoms with van der Waals surface area (Å²) in [5, 5.41) is 3.09. The van der Waals surface area contributed by atoms with Crippen molar-refractivity contribution in [3.05, 3.63) is 95.6 Å². The van der Waals surface area contributed by atoms with Crippen molar-refractivity contribution in [1.82, 2.24) is 5.32 Å². The first-order chi connectivity index (χ1) is 13.0. The number of benzene rings is 3. The summed E-state index contributed by atoms with van der Waals surface area (Å²) in [4.78, 5) is 13.9. The predicted molar refractivity (Wildman–Crippen MR) is 111 cm³/mol. The Morgan fingerprint density at radius 1 is 0.852 bits per heavy atom. The van der Waals surface area contributed by atoms with Gasteiger partial charge in [0, 0.05) is 11.1 Å². The highest BCUT2D eigenvalue weighted by Crippen LogP contribution is 2.19. The van der Waals surface area contributed by atoms with Crippen molar-refractivity contribution >= 4 is 5.91 Å². The molecule has 3 nitrogen and oxygen atoms in total. The van der Waals surface area contributed by atoms with Crippen LogP contribution in [0.5, 0.6) is 0 Å². The Hall–Kier alpha value is -2.91. The predicted octanol–water partition coefficient (Wildman–Crippen LogP) is 3.28. The minimum absolute atomic E-state index is 0.0343. The van der Waals surface area contributed by atoms with Gasteiger partial charge >= 0.3 is 0 Å². The van der Waals surface area contributed by atoms with Crippen LogP contribution in [0.2, 0.25) is 0 Å². The van der Waals surface area contributed by atoms with Crippen LogP contribution in [0.25, 0.3) is 11.1 Å². The number of nitrogens with one attached hydrogen (secondary N) is 2. The first-order valence-corrected chi connectivity index (χ1v) is 9.35. The molecule has 0 saturated carbocycles. The van der Waals surface area contributed by atoms with Crippen molar-refractivity contribution in [1.29, 1.82) is 0 Å². The molecule has 0 spiro atoms. The second kappa shape index (κ2) is 8.65. The summed E-state index contributed by atoms with van der Waals surface area (Å²) >= 11 is 0. The van der Waals surface area contributed by atoms with Gasteiger partial charge in [0.25, 0.3) is 5.91 Å². The van der Waals surface area contributed by atoms with E-state index < -0.39 is 0 Å². The molecule has 0 unspecified atom stereocenters. The lowest BCUT2D eigenvalue weighted by Gasteiger charge is -2.22. The molecular weight excluding hydrogens is 332 g/mol. The number of likely N-dealkylation sites (N-methyl/N-ethyl adjacent to an activating group) is 1. The standard InChI is InChI=1S/C24H26N2O/c1-18-9-11-21(12-10-18)23(26(2)3)17-25-24(27)22-15-13-20(14-16-22)19-7-5-4-6-8-19/h4-16,23H,17H2,1-3H3,(H,25,27)/p+1/t23-/m1/s1. The second-order valence-electron chi connectivity index (χ2n) is 7.19. The molecular formula is C24H27N2O+. The van der Waals surface area contributed by atoms with Gasteiger partial charge in [-0.05, 0) is 30.2 Å². The zero-order chi connectivity index (χ0) is 19.2. The van der Waals surface area contributed by atoms with Gasteiger partial charge in [-0.1, -0.05) is 72.3 Å². The third-order valence-corrected chi connectivity index (χ3v) is 4.90. The lowest BCUT2D eigenvalue weighted by atomic mass is 10.0. The van der Waals surface area contributed by atoms with E-state index in [4.69, 9.17) is 0 Å². The van der Waals surface area contributed by atoms with E-state index in [9.17, 15) is 4.79 Å². The molecule has 0 fully saturated rings. The average molecular weight is 359 g/mol. The topological polar surface area (TPSA) is 33.5 Å². The quantitative estimate of drug-likeness (QED) is 0.696. The van der Waals surface area contributed by atoms with E-state index >= 15 is 0 Å². The molecule has 138 valence electrons. The van der Waals surface area contributed by atoms with E-state index in [1.165, 1.54) is 16.0 Å². The molecule has 0 saturated heterocycles. The fourth-order valence-corrected chi connectivity index (χ4v) is 3.20. The third kappa shape index (κ3) is 4.83. The molecule has 27 heavy (non-hydrogen) atoms. The second-order valence-corrected chi connectivity index (χ2v) is 7.19. The molecule has 1 amide bonds. The van der Waals surface area contributed by atoms with Crippen LogP contribution in [0.4, 0.5) is 0 Å². The maximum atomic E-state index is 12.6. The number of carbonyl (C=O) groups is 1. The monoisotopic (exact) mass is 359 g/mol. The van der Waals surface area contributed by atoms with Crippen LogP contribution in [0.3, 0.4) is 0 Å². The van der Waals surface area contributed by atoms with Gasteiger partial charge in [-0.25, -0.2) is 0 Å². The molecule has 0 aromatic heterocycles. The largest absolute Gasteiger partial charge is 0.346 e.